The standard InChI is InChI=1S/C17H21N5/c1-12-9-13(2)22-17(20-12)15(10-19-22)11-21(4)14(3)16-7-5-6-8-18-16/h5-10,14H,11H2,1-4H3/t14-/m0/s1. The third kappa shape index (κ3) is 2.72. The van der Waals surface area contributed by atoms with Crippen LogP contribution in [0.3, 0.4) is 0 Å². The lowest BCUT2D eigenvalue weighted by molar-refractivity contribution is 0.249. The first-order valence-electron chi connectivity index (χ1n) is 7.48. The molecule has 0 unspecified atom stereocenters. The molecule has 0 aliphatic heterocycles. The number of nitrogens with zero attached hydrogens (tertiary/aromatic N) is 5. The van der Waals surface area contributed by atoms with E-state index in [1.54, 1.807) is 0 Å². The summed E-state index contributed by atoms with van der Waals surface area (Å²) in [5, 5.41) is 4.46. The molecule has 1 atom stereocenters. The van der Waals surface area contributed by atoms with E-state index in [1.165, 1.54) is 0 Å². The lowest BCUT2D eigenvalue weighted by atomic mass is 10.1. The van der Waals surface area contributed by atoms with Crippen LogP contribution in [0.1, 0.15) is 35.6 Å². The van der Waals surface area contributed by atoms with Crippen molar-refractivity contribution >= 4 is 5.65 Å². The van der Waals surface area contributed by atoms with E-state index in [1.807, 2.05) is 42.0 Å². The Bertz CT molecular complexity index is 778. The Labute approximate surface area is 130 Å². The van der Waals surface area contributed by atoms with E-state index >= 15 is 0 Å². The number of aromatic nitrogens is 4. The van der Waals surface area contributed by atoms with Crippen LogP contribution in [0.2, 0.25) is 0 Å². The summed E-state index contributed by atoms with van der Waals surface area (Å²) in [6.45, 7) is 7.03. The van der Waals surface area contributed by atoms with Gasteiger partial charge in [-0.1, -0.05) is 6.07 Å². The summed E-state index contributed by atoms with van der Waals surface area (Å²) >= 11 is 0. The molecule has 3 heterocycles. The zero-order valence-electron chi connectivity index (χ0n) is 13.5. The Morgan fingerprint density at radius 1 is 1.27 bits per heavy atom. The van der Waals surface area contributed by atoms with Crippen LogP contribution < -0.4 is 0 Å². The van der Waals surface area contributed by atoms with Crippen molar-refractivity contribution in [2.24, 2.45) is 0 Å². The van der Waals surface area contributed by atoms with E-state index in [4.69, 9.17) is 0 Å². The fourth-order valence-corrected chi connectivity index (χ4v) is 2.68. The minimum atomic E-state index is 0.238. The monoisotopic (exact) mass is 295 g/mol. The molecule has 0 N–H and O–H groups in total. The number of hydrogen-bond donors (Lipinski definition) is 0. The van der Waals surface area contributed by atoms with Crippen LogP contribution in [-0.4, -0.2) is 31.5 Å². The Hall–Kier alpha value is -2.27. The van der Waals surface area contributed by atoms with Gasteiger partial charge in [-0.2, -0.15) is 5.10 Å². The van der Waals surface area contributed by atoms with Gasteiger partial charge in [0.25, 0.3) is 0 Å². The lowest BCUT2D eigenvalue weighted by Gasteiger charge is -2.23. The largest absolute Gasteiger partial charge is 0.294 e. The highest BCUT2D eigenvalue weighted by Gasteiger charge is 2.16. The maximum atomic E-state index is 4.64. The van der Waals surface area contributed by atoms with Crippen molar-refractivity contribution in [3.8, 4) is 0 Å². The minimum Gasteiger partial charge on any atom is -0.294 e. The van der Waals surface area contributed by atoms with Gasteiger partial charge in [0.15, 0.2) is 5.65 Å². The highest BCUT2D eigenvalue weighted by atomic mass is 15.3. The van der Waals surface area contributed by atoms with Gasteiger partial charge in [0, 0.05) is 35.7 Å². The Morgan fingerprint density at radius 3 is 2.82 bits per heavy atom. The zero-order valence-corrected chi connectivity index (χ0v) is 13.5. The van der Waals surface area contributed by atoms with Gasteiger partial charge < -0.3 is 0 Å². The van der Waals surface area contributed by atoms with Crippen molar-refractivity contribution in [1.29, 1.82) is 0 Å². The second-order valence-electron chi connectivity index (χ2n) is 5.79. The second-order valence-corrected chi connectivity index (χ2v) is 5.79. The number of pyridine rings is 1. The van der Waals surface area contributed by atoms with Gasteiger partial charge in [0.2, 0.25) is 0 Å². The van der Waals surface area contributed by atoms with E-state index < -0.39 is 0 Å². The predicted molar refractivity (Wildman–Crippen MR) is 86.6 cm³/mol. The molecule has 0 radical (unpaired) electrons. The van der Waals surface area contributed by atoms with E-state index in [2.05, 4.69) is 46.9 Å². The highest BCUT2D eigenvalue weighted by molar-refractivity contribution is 5.47. The molecule has 22 heavy (non-hydrogen) atoms. The van der Waals surface area contributed by atoms with Gasteiger partial charge in [-0.15, -0.1) is 0 Å². The average Bonchev–Trinajstić information content (AvgIpc) is 2.90. The van der Waals surface area contributed by atoms with Crippen LogP contribution in [0, 0.1) is 13.8 Å². The predicted octanol–water partition coefficient (Wildman–Crippen LogP) is 2.93. The summed E-state index contributed by atoms with van der Waals surface area (Å²) in [7, 11) is 2.10. The summed E-state index contributed by atoms with van der Waals surface area (Å²) in [5.41, 5.74) is 5.28. The van der Waals surface area contributed by atoms with Crippen molar-refractivity contribution < 1.29 is 0 Å². The van der Waals surface area contributed by atoms with Crippen LogP contribution in [-0.2, 0) is 6.54 Å². The summed E-state index contributed by atoms with van der Waals surface area (Å²) in [6.07, 6.45) is 3.75. The SMILES string of the molecule is Cc1cc(C)n2ncc(CN(C)[C@@H](C)c3ccccn3)c2n1. The molecule has 0 aromatic carbocycles. The van der Waals surface area contributed by atoms with Crippen LogP contribution >= 0.6 is 0 Å². The van der Waals surface area contributed by atoms with E-state index in [9.17, 15) is 0 Å². The lowest BCUT2D eigenvalue weighted by Crippen LogP contribution is -2.22. The number of aryl methyl sites for hydroxylation is 2. The topological polar surface area (TPSA) is 46.3 Å². The van der Waals surface area contributed by atoms with Gasteiger partial charge >= 0.3 is 0 Å². The molecule has 0 bridgehead atoms. The molecule has 3 aromatic rings. The van der Waals surface area contributed by atoms with Crippen LogP contribution in [0.4, 0.5) is 0 Å². The average molecular weight is 295 g/mol. The first-order chi connectivity index (χ1) is 10.6. The van der Waals surface area contributed by atoms with Gasteiger partial charge in [-0.05, 0) is 46.0 Å². The Kier molecular flexibility index (Phi) is 3.90. The molecule has 5 nitrogen and oxygen atoms in total. The Morgan fingerprint density at radius 2 is 2.09 bits per heavy atom. The Balaban J connectivity index is 1.87. The normalized spacial score (nSPS) is 13.0. The van der Waals surface area contributed by atoms with Crippen LogP contribution in [0.25, 0.3) is 5.65 Å². The molecule has 3 aromatic heterocycles. The maximum Gasteiger partial charge on any atom is 0.159 e. The first kappa shape index (κ1) is 14.7. The van der Waals surface area contributed by atoms with Crippen LogP contribution in [0.5, 0.6) is 0 Å². The highest BCUT2D eigenvalue weighted by Crippen LogP contribution is 2.20. The summed E-state index contributed by atoms with van der Waals surface area (Å²) < 4.78 is 1.90. The van der Waals surface area contributed by atoms with Crippen molar-refractivity contribution in [2.45, 2.75) is 33.4 Å². The summed E-state index contributed by atoms with van der Waals surface area (Å²) in [4.78, 5) is 11.3. The van der Waals surface area contributed by atoms with Crippen molar-refractivity contribution in [3.63, 3.8) is 0 Å². The molecule has 0 saturated carbocycles. The summed E-state index contributed by atoms with van der Waals surface area (Å²) in [5.74, 6) is 0. The molecule has 0 aliphatic carbocycles. The molecular weight excluding hydrogens is 274 g/mol. The van der Waals surface area contributed by atoms with Gasteiger partial charge in [-0.3, -0.25) is 9.88 Å². The molecule has 5 heteroatoms. The molecule has 0 saturated heterocycles. The first-order valence-corrected chi connectivity index (χ1v) is 7.48. The molecule has 0 spiro atoms. The van der Waals surface area contributed by atoms with Gasteiger partial charge in [0.05, 0.1) is 11.9 Å². The maximum absolute atomic E-state index is 4.64. The van der Waals surface area contributed by atoms with Crippen molar-refractivity contribution in [1.82, 2.24) is 24.5 Å². The zero-order chi connectivity index (χ0) is 15.7. The number of hydrogen-bond acceptors (Lipinski definition) is 4. The number of fused-ring (bicyclic) bond motifs is 1. The minimum absolute atomic E-state index is 0.238. The van der Waals surface area contributed by atoms with Crippen LogP contribution in [0.15, 0.2) is 36.7 Å². The van der Waals surface area contributed by atoms with Gasteiger partial charge in [0.1, 0.15) is 0 Å². The quantitative estimate of drug-likeness (QED) is 0.742. The van der Waals surface area contributed by atoms with Gasteiger partial charge in [-0.25, -0.2) is 9.50 Å². The molecule has 3 rings (SSSR count). The molecular formula is C17H21N5. The van der Waals surface area contributed by atoms with E-state index in [0.717, 1.165) is 34.8 Å². The molecule has 0 fully saturated rings. The van der Waals surface area contributed by atoms with E-state index in [0.29, 0.717) is 0 Å². The fraction of sp³-hybridized carbons (Fsp3) is 0.353. The summed E-state index contributed by atoms with van der Waals surface area (Å²) in [6, 6.07) is 8.31. The second kappa shape index (κ2) is 5.85. The molecule has 0 amide bonds. The third-order valence-electron chi connectivity index (χ3n) is 4.05. The molecule has 114 valence electrons. The smallest absolute Gasteiger partial charge is 0.159 e. The fourth-order valence-electron chi connectivity index (χ4n) is 2.68. The number of rotatable bonds is 4. The molecule has 0 aliphatic rings. The van der Waals surface area contributed by atoms with Crippen molar-refractivity contribution in [2.75, 3.05) is 7.05 Å². The third-order valence-corrected chi connectivity index (χ3v) is 4.05. The van der Waals surface area contributed by atoms with E-state index in [-0.39, 0.29) is 6.04 Å². The van der Waals surface area contributed by atoms with Crippen molar-refractivity contribution in [3.05, 3.63) is 59.3 Å².